The van der Waals surface area contributed by atoms with Crippen molar-refractivity contribution in [1.82, 2.24) is 10.2 Å². The maximum absolute atomic E-state index is 12.4. The molecule has 0 unspecified atom stereocenters. The van der Waals surface area contributed by atoms with E-state index < -0.39 is 10.0 Å². The molecule has 1 heterocycles. The molecule has 0 atom stereocenters. The minimum Gasteiger partial charge on any atom is -0.494 e. The van der Waals surface area contributed by atoms with Crippen LogP contribution in [0.5, 0.6) is 5.75 Å². The summed E-state index contributed by atoms with van der Waals surface area (Å²) in [5.41, 5.74) is 1.46. The second kappa shape index (κ2) is 6.83. The van der Waals surface area contributed by atoms with Crippen LogP contribution in [0, 0.1) is 13.8 Å². The minimum absolute atomic E-state index is 0.191. The van der Waals surface area contributed by atoms with Crippen LogP contribution in [0.2, 0.25) is 0 Å². The van der Waals surface area contributed by atoms with Crippen LogP contribution in [0.15, 0.2) is 29.2 Å². The molecule has 0 saturated carbocycles. The van der Waals surface area contributed by atoms with Gasteiger partial charge in [0.15, 0.2) is 0 Å². The lowest BCUT2D eigenvalue weighted by atomic mass is 10.3. The van der Waals surface area contributed by atoms with E-state index in [0.717, 1.165) is 18.6 Å². The third-order valence-corrected chi connectivity index (χ3v) is 4.85. The molecule has 1 aromatic heterocycles. The number of nitrogens with one attached hydrogen (secondary N) is 2. The largest absolute Gasteiger partial charge is 0.494 e. The predicted octanol–water partition coefficient (Wildman–Crippen LogP) is 3.01. The van der Waals surface area contributed by atoms with E-state index in [1.807, 2.05) is 0 Å². The minimum atomic E-state index is -3.65. The Labute approximate surface area is 130 Å². The van der Waals surface area contributed by atoms with E-state index >= 15 is 0 Å². The van der Waals surface area contributed by atoms with Gasteiger partial charge in [-0.25, -0.2) is 8.42 Å². The first-order chi connectivity index (χ1) is 10.4. The zero-order valence-electron chi connectivity index (χ0n) is 13.0. The molecule has 0 aliphatic rings. The zero-order chi connectivity index (χ0) is 16.2. The third kappa shape index (κ3) is 3.79. The van der Waals surface area contributed by atoms with Crippen molar-refractivity contribution in [2.24, 2.45) is 0 Å². The molecule has 2 aromatic rings. The molecule has 0 bridgehead atoms. The second-order valence-electron chi connectivity index (χ2n) is 5.10. The van der Waals surface area contributed by atoms with Crippen molar-refractivity contribution in [3.05, 3.63) is 35.7 Å². The van der Waals surface area contributed by atoms with Crippen LogP contribution in [0.25, 0.3) is 0 Å². The predicted molar refractivity (Wildman–Crippen MR) is 85.7 cm³/mol. The highest BCUT2D eigenvalue weighted by atomic mass is 32.2. The molecular formula is C15H21N3O3S. The number of anilines is 1. The molecule has 7 heteroatoms. The lowest BCUT2D eigenvalue weighted by Gasteiger charge is -2.10. The fourth-order valence-electron chi connectivity index (χ4n) is 2.10. The Bertz CT molecular complexity index is 701. The summed E-state index contributed by atoms with van der Waals surface area (Å²) >= 11 is 0. The van der Waals surface area contributed by atoms with Crippen molar-refractivity contribution in [3.63, 3.8) is 0 Å². The van der Waals surface area contributed by atoms with Gasteiger partial charge in [-0.3, -0.25) is 9.82 Å². The van der Waals surface area contributed by atoms with E-state index in [4.69, 9.17) is 4.74 Å². The summed E-state index contributed by atoms with van der Waals surface area (Å²) in [6, 6.07) is 6.87. The highest BCUT2D eigenvalue weighted by molar-refractivity contribution is 7.92. The van der Waals surface area contributed by atoms with Gasteiger partial charge in [-0.15, -0.1) is 0 Å². The Balaban J connectivity index is 2.10. The number of aromatic nitrogens is 2. The molecule has 0 spiro atoms. The number of hydrogen-bond acceptors (Lipinski definition) is 4. The number of aryl methyl sites for hydroxylation is 2. The maximum Gasteiger partial charge on any atom is 0.265 e. The van der Waals surface area contributed by atoms with Gasteiger partial charge in [0, 0.05) is 5.69 Å². The Kier molecular flexibility index (Phi) is 5.07. The van der Waals surface area contributed by atoms with Gasteiger partial charge in [0.25, 0.3) is 10.0 Å². The second-order valence-corrected chi connectivity index (χ2v) is 6.71. The fraction of sp³-hybridized carbons (Fsp3) is 0.400. The van der Waals surface area contributed by atoms with Gasteiger partial charge in [0.2, 0.25) is 0 Å². The number of ether oxygens (including phenoxy) is 1. The fourth-order valence-corrected chi connectivity index (χ4v) is 3.53. The van der Waals surface area contributed by atoms with Crippen LogP contribution in [0.3, 0.4) is 0 Å². The summed E-state index contributed by atoms with van der Waals surface area (Å²) in [4.78, 5) is 0.191. The average Bonchev–Trinajstić information content (AvgIpc) is 2.81. The Hall–Kier alpha value is -2.02. The van der Waals surface area contributed by atoms with Crippen molar-refractivity contribution < 1.29 is 13.2 Å². The van der Waals surface area contributed by atoms with Crippen molar-refractivity contribution in [1.29, 1.82) is 0 Å². The molecule has 0 radical (unpaired) electrons. The van der Waals surface area contributed by atoms with Crippen molar-refractivity contribution in [2.75, 3.05) is 11.3 Å². The average molecular weight is 323 g/mol. The highest BCUT2D eigenvalue weighted by Crippen LogP contribution is 2.22. The quantitative estimate of drug-likeness (QED) is 0.767. The smallest absolute Gasteiger partial charge is 0.265 e. The van der Waals surface area contributed by atoms with Gasteiger partial charge >= 0.3 is 0 Å². The molecule has 0 aliphatic carbocycles. The maximum atomic E-state index is 12.4. The first-order valence-electron chi connectivity index (χ1n) is 7.21. The lowest BCUT2D eigenvalue weighted by Crippen LogP contribution is -2.14. The van der Waals surface area contributed by atoms with Gasteiger partial charge in [-0.1, -0.05) is 13.3 Å². The van der Waals surface area contributed by atoms with E-state index in [1.54, 1.807) is 38.1 Å². The summed E-state index contributed by atoms with van der Waals surface area (Å²) in [6.45, 7) is 6.10. The molecular weight excluding hydrogens is 302 g/mol. The molecule has 0 aliphatic heterocycles. The van der Waals surface area contributed by atoms with Crippen molar-refractivity contribution in [3.8, 4) is 5.75 Å². The van der Waals surface area contributed by atoms with Crippen LogP contribution < -0.4 is 9.46 Å². The molecule has 0 fully saturated rings. The Morgan fingerprint density at radius 3 is 2.45 bits per heavy atom. The van der Waals surface area contributed by atoms with Crippen LogP contribution in [0.4, 0.5) is 5.69 Å². The molecule has 1 aromatic carbocycles. The summed E-state index contributed by atoms with van der Waals surface area (Å²) in [5, 5.41) is 6.59. The number of hydrogen-bond donors (Lipinski definition) is 2. The topological polar surface area (TPSA) is 84.1 Å². The number of sulfonamides is 1. The number of unbranched alkanes of at least 4 members (excludes halogenated alkanes) is 1. The first kappa shape index (κ1) is 16.4. The van der Waals surface area contributed by atoms with E-state index in [1.165, 1.54) is 0 Å². The first-order valence-corrected chi connectivity index (χ1v) is 8.69. The summed E-state index contributed by atoms with van der Waals surface area (Å²) in [7, 11) is -3.65. The SMILES string of the molecule is CCCCOc1ccc(NS(=O)(=O)c2c(C)n[nH]c2C)cc1. The van der Waals surface area contributed by atoms with E-state index in [9.17, 15) is 8.42 Å². The van der Waals surface area contributed by atoms with Gasteiger partial charge in [-0.2, -0.15) is 5.10 Å². The third-order valence-electron chi connectivity index (χ3n) is 3.20. The van der Waals surface area contributed by atoms with Gasteiger partial charge in [0.05, 0.1) is 18.0 Å². The molecule has 6 nitrogen and oxygen atoms in total. The molecule has 120 valence electrons. The Morgan fingerprint density at radius 2 is 1.91 bits per heavy atom. The van der Waals surface area contributed by atoms with Crippen LogP contribution in [-0.2, 0) is 10.0 Å². The normalized spacial score (nSPS) is 11.4. The summed E-state index contributed by atoms with van der Waals surface area (Å²) in [6.07, 6.45) is 2.06. The van der Waals surface area contributed by atoms with E-state index in [-0.39, 0.29) is 4.90 Å². The van der Waals surface area contributed by atoms with E-state index in [2.05, 4.69) is 21.8 Å². The summed E-state index contributed by atoms with van der Waals surface area (Å²) in [5.74, 6) is 0.729. The highest BCUT2D eigenvalue weighted by Gasteiger charge is 2.22. The molecule has 0 saturated heterocycles. The standard InChI is InChI=1S/C15H21N3O3S/c1-4-5-10-21-14-8-6-13(7-9-14)18-22(19,20)15-11(2)16-17-12(15)3/h6-9,18H,4-5,10H2,1-3H3,(H,16,17). The van der Waals surface area contributed by atoms with Crippen LogP contribution in [0.1, 0.15) is 31.2 Å². The van der Waals surface area contributed by atoms with Crippen LogP contribution in [-0.4, -0.2) is 25.2 Å². The van der Waals surface area contributed by atoms with Crippen molar-refractivity contribution >= 4 is 15.7 Å². The number of benzene rings is 1. The lowest BCUT2D eigenvalue weighted by molar-refractivity contribution is 0.309. The number of H-pyrrole nitrogens is 1. The Morgan fingerprint density at radius 1 is 1.23 bits per heavy atom. The number of nitrogens with zero attached hydrogens (tertiary/aromatic N) is 1. The zero-order valence-corrected chi connectivity index (χ0v) is 13.8. The van der Waals surface area contributed by atoms with Gasteiger partial charge < -0.3 is 4.74 Å². The van der Waals surface area contributed by atoms with Crippen LogP contribution >= 0.6 is 0 Å². The van der Waals surface area contributed by atoms with Gasteiger partial charge in [-0.05, 0) is 44.5 Å². The monoisotopic (exact) mass is 323 g/mol. The molecule has 2 N–H and O–H groups in total. The van der Waals surface area contributed by atoms with Crippen molar-refractivity contribution in [2.45, 2.75) is 38.5 Å². The number of aromatic amines is 1. The molecule has 22 heavy (non-hydrogen) atoms. The molecule has 0 amide bonds. The van der Waals surface area contributed by atoms with Gasteiger partial charge in [0.1, 0.15) is 10.6 Å². The summed E-state index contributed by atoms with van der Waals surface area (Å²) < 4.78 is 32.9. The molecule has 2 rings (SSSR count). The van der Waals surface area contributed by atoms with E-state index in [0.29, 0.717) is 23.7 Å². The number of rotatable bonds is 7.